The molecule has 1 aliphatic carbocycles. The lowest BCUT2D eigenvalue weighted by atomic mass is 9.97. The molecule has 0 N–H and O–H groups in total. The first-order valence-electron chi connectivity index (χ1n) is 5.61. The van der Waals surface area contributed by atoms with Gasteiger partial charge < -0.3 is 14.2 Å². The highest BCUT2D eigenvalue weighted by atomic mass is 16.7. The number of hydrogen-bond acceptors (Lipinski definition) is 4. The van der Waals surface area contributed by atoms with Gasteiger partial charge in [-0.05, 0) is 12.8 Å². The van der Waals surface area contributed by atoms with Gasteiger partial charge in [-0.2, -0.15) is 0 Å². The van der Waals surface area contributed by atoms with E-state index in [1.165, 1.54) is 7.11 Å². The molecule has 2 fully saturated rings. The minimum atomic E-state index is -0.491. The van der Waals surface area contributed by atoms with Gasteiger partial charge in [0.25, 0.3) is 0 Å². The molecule has 1 heterocycles. The predicted octanol–water partition coefficient (Wildman–Crippen LogP) is 1.48. The average molecular weight is 214 g/mol. The molecular formula is C11H18O4. The molecule has 86 valence electrons. The maximum Gasteiger partial charge on any atom is 0.308 e. The molecule has 0 radical (unpaired) electrons. The van der Waals surface area contributed by atoms with Gasteiger partial charge in [-0.15, -0.1) is 0 Å². The van der Waals surface area contributed by atoms with Gasteiger partial charge in [-0.3, -0.25) is 4.79 Å². The van der Waals surface area contributed by atoms with Crippen molar-refractivity contribution in [1.29, 1.82) is 0 Å². The molecule has 1 atom stereocenters. The molecule has 4 heteroatoms. The number of carbonyl (C=O) groups excluding carboxylic acids is 1. The molecule has 2 rings (SSSR count). The highest BCUT2D eigenvalue weighted by molar-refractivity contribution is 5.72. The van der Waals surface area contributed by atoms with E-state index in [1.54, 1.807) is 0 Å². The van der Waals surface area contributed by atoms with Gasteiger partial charge in [0.15, 0.2) is 5.79 Å². The molecule has 0 bridgehead atoms. The number of esters is 1. The summed E-state index contributed by atoms with van der Waals surface area (Å²) < 4.78 is 16.1. The van der Waals surface area contributed by atoms with E-state index in [0.29, 0.717) is 19.6 Å². The van der Waals surface area contributed by atoms with Crippen LogP contribution in [0.25, 0.3) is 0 Å². The van der Waals surface area contributed by atoms with Crippen molar-refractivity contribution in [3.63, 3.8) is 0 Å². The fourth-order valence-electron chi connectivity index (χ4n) is 2.49. The third-order valence-corrected chi connectivity index (χ3v) is 3.27. The van der Waals surface area contributed by atoms with Crippen molar-refractivity contribution in [3.8, 4) is 0 Å². The summed E-state index contributed by atoms with van der Waals surface area (Å²) >= 11 is 0. The van der Waals surface area contributed by atoms with Crippen molar-refractivity contribution in [1.82, 2.24) is 0 Å². The Balaban J connectivity index is 2.04. The maximum absolute atomic E-state index is 11.5. The average Bonchev–Trinajstić information content (AvgIpc) is 2.59. The van der Waals surface area contributed by atoms with Crippen LogP contribution in [0, 0.1) is 5.92 Å². The largest absolute Gasteiger partial charge is 0.469 e. The number of ether oxygens (including phenoxy) is 3. The molecule has 1 spiro atoms. The molecule has 0 aromatic rings. The van der Waals surface area contributed by atoms with Crippen LogP contribution in [-0.4, -0.2) is 32.1 Å². The second-order valence-electron chi connectivity index (χ2n) is 4.28. The van der Waals surface area contributed by atoms with E-state index in [0.717, 1.165) is 25.7 Å². The van der Waals surface area contributed by atoms with Crippen molar-refractivity contribution < 1.29 is 19.0 Å². The summed E-state index contributed by atoms with van der Waals surface area (Å²) in [6.45, 7) is 1.29. The summed E-state index contributed by atoms with van der Waals surface area (Å²) in [5.41, 5.74) is 0. The molecule has 1 unspecified atom stereocenters. The topological polar surface area (TPSA) is 44.8 Å². The molecule has 0 aromatic carbocycles. The first kappa shape index (κ1) is 10.9. The minimum Gasteiger partial charge on any atom is -0.469 e. The number of carbonyl (C=O) groups is 1. The molecule has 1 aliphatic heterocycles. The van der Waals surface area contributed by atoms with Crippen LogP contribution in [0.15, 0.2) is 0 Å². The maximum atomic E-state index is 11.5. The Morgan fingerprint density at radius 2 is 2.07 bits per heavy atom. The summed E-state index contributed by atoms with van der Waals surface area (Å²) in [6.07, 6.45) is 4.56. The predicted molar refractivity (Wildman–Crippen MR) is 53.2 cm³/mol. The molecule has 2 aliphatic rings. The SMILES string of the molecule is COC(=O)C1CCCCC2(C1)OCCO2. The van der Waals surface area contributed by atoms with E-state index in [2.05, 4.69) is 0 Å². The first-order valence-corrected chi connectivity index (χ1v) is 5.61. The van der Waals surface area contributed by atoms with Gasteiger partial charge in [-0.1, -0.05) is 6.42 Å². The van der Waals surface area contributed by atoms with Crippen molar-refractivity contribution in [3.05, 3.63) is 0 Å². The normalized spacial score (nSPS) is 30.1. The summed E-state index contributed by atoms with van der Waals surface area (Å²) in [7, 11) is 1.44. The fraction of sp³-hybridized carbons (Fsp3) is 0.909. The first-order chi connectivity index (χ1) is 7.26. The van der Waals surface area contributed by atoms with Crippen LogP contribution < -0.4 is 0 Å². The fourth-order valence-corrected chi connectivity index (χ4v) is 2.49. The second kappa shape index (κ2) is 4.49. The van der Waals surface area contributed by atoms with E-state index >= 15 is 0 Å². The number of hydrogen-bond donors (Lipinski definition) is 0. The molecular weight excluding hydrogens is 196 g/mol. The van der Waals surface area contributed by atoms with Crippen LogP contribution >= 0.6 is 0 Å². The zero-order chi connectivity index (χ0) is 10.7. The van der Waals surface area contributed by atoms with Crippen LogP contribution in [0.5, 0.6) is 0 Å². The Bertz CT molecular complexity index is 233. The zero-order valence-corrected chi connectivity index (χ0v) is 9.16. The zero-order valence-electron chi connectivity index (χ0n) is 9.16. The molecule has 1 saturated carbocycles. The van der Waals surface area contributed by atoms with Crippen molar-refractivity contribution in [2.75, 3.05) is 20.3 Å². The Morgan fingerprint density at radius 1 is 1.33 bits per heavy atom. The third-order valence-electron chi connectivity index (χ3n) is 3.27. The van der Waals surface area contributed by atoms with Crippen LogP contribution in [-0.2, 0) is 19.0 Å². The highest BCUT2D eigenvalue weighted by Gasteiger charge is 2.42. The van der Waals surface area contributed by atoms with Crippen molar-refractivity contribution in [2.24, 2.45) is 5.92 Å². The van der Waals surface area contributed by atoms with Gasteiger partial charge in [-0.25, -0.2) is 0 Å². The summed E-state index contributed by atoms with van der Waals surface area (Å²) in [5, 5.41) is 0. The molecule has 1 saturated heterocycles. The summed E-state index contributed by atoms with van der Waals surface area (Å²) in [5.74, 6) is -0.680. The molecule has 15 heavy (non-hydrogen) atoms. The van der Waals surface area contributed by atoms with E-state index in [-0.39, 0.29) is 11.9 Å². The lowest BCUT2D eigenvalue weighted by molar-refractivity contribution is -0.179. The summed E-state index contributed by atoms with van der Waals surface area (Å²) in [6, 6.07) is 0. The van der Waals surface area contributed by atoms with Crippen LogP contribution in [0.2, 0.25) is 0 Å². The van der Waals surface area contributed by atoms with Gasteiger partial charge >= 0.3 is 5.97 Å². The van der Waals surface area contributed by atoms with E-state index in [9.17, 15) is 4.79 Å². The highest BCUT2D eigenvalue weighted by Crippen LogP contribution is 2.37. The lowest BCUT2D eigenvalue weighted by Crippen LogP contribution is -2.33. The minimum absolute atomic E-state index is 0.0596. The molecule has 0 aromatic heterocycles. The quantitative estimate of drug-likeness (QED) is 0.620. The number of methoxy groups -OCH3 is 1. The van der Waals surface area contributed by atoms with Crippen molar-refractivity contribution >= 4 is 5.97 Å². The molecule has 4 nitrogen and oxygen atoms in total. The Kier molecular flexibility index (Phi) is 3.26. The molecule has 0 amide bonds. The van der Waals surface area contributed by atoms with Gasteiger partial charge in [0, 0.05) is 12.8 Å². The van der Waals surface area contributed by atoms with E-state index in [1.807, 2.05) is 0 Å². The van der Waals surface area contributed by atoms with Gasteiger partial charge in [0.05, 0.1) is 26.2 Å². The van der Waals surface area contributed by atoms with Crippen molar-refractivity contribution in [2.45, 2.75) is 37.9 Å². The van der Waals surface area contributed by atoms with Crippen LogP contribution in [0.4, 0.5) is 0 Å². The third kappa shape index (κ3) is 2.32. The Labute approximate surface area is 89.9 Å². The smallest absolute Gasteiger partial charge is 0.308 e. The monoisotopic (exact) mass is 214 g/mol. The van der Waals surface area contributed by atoms with Gasteiger partial charge in [0.2, 0.25) is 0 Å². The standard InChI is InChI=1S/C11H18O4/c1-13-10(12)9-4-2-3-5-11(8-9)14-6-7-15-11/h9H,2-8H2,1H3. The van der Waals surface area contributed by atoms with E-state index in [4.69, 9.17) is 14.2 Å². The number of rotatable bonds is 1. The second-order valence-corrected chi connectivity index (χ2v) is 4.28. The van der Waals surface area contributed by atoms with E-state index < -0.39 is 5.79 Å². The lowest BCUT2D eigenvalue weighted by Gasteiger charge is -2.27. The van der Waals surface area contributed by atoms with Gasteiger partial charge in [0.1, 0.15) is 0 Å². The van der Waals surface area contributed by atoms with Crippen LogP contribution in [0.3, 0.4) is 0 Å². The Morgan fingerprint density at radius 3 is 2.73 bits per heavy atom. The summed E-state index contributed by atoms with van der Waals surface area (Å²) in [4.78, 5) is 11.5. The van der Waals surface area contributed by atoms with Crippen LogP contribution in [0.1, 0.15) is 32.1 Å². The Hall–Kier alpha value is -0.610.